The quantitative estimate of drug-likeness (QED) is 0.641. The van der Waals surface area contributed by atoms with E-state index in [1.807, 2.05) is 0 Å². The smallest absolute Gasteiger partial charge is 0.410 e. The Morgan fingerprint density at radius 2 is 2.00 bits per heavy atom. The molecule has 2 N–H and O–H groups in total. The maximum atomic E-state index is 13.6. The summed E-state index contributed by atoms with van der Waals surface area (Å²) in [5, 5.41) is 9.25. The zero-order valence-electron chi connectivity index (χ0n) is 14.2. The second-order valence-electron chi connectivity index (χ2n) is 6.33. The molecule has 1 aromatic carbocycles. The van der Waals surface area contributed by atoms with E-state index in [9.17, 15) is 22.4 Å². The number of carbonyl (C=O) groups excluding carboxylic acids is 1. The summed E-state index contributed by atoms with van der Waals surface area (Å²) in [5.74, 6) is -0.763. The largest absolute Gasteiger partial charge is 0.467 e. The number of amides is 1. The molecule has 28 heavy (non-hydrogen) atoms. The van der Waals surface area contributed by atoms with Crippen LogP contribution in [-0.2, 0) is 0 Å². The summed E-state index contributed by atoms with van der Waals surface area (Å²) < 4.78 is 59.7. The van der Waals surface area contributed by atoms with Gasteiger partial charge in [0.05, 0.1) is 12.3 Å². The molecule has 0 aliphatic carbocycles. The van der Waals surface area contributed by atoms with Gasteiger partial charge in [-0.25, -0.2) is 9.07 Å². The topological polar surface area (TPSA) is 72.1 Å². The van der Waals surface area contributed by atoms with Gasteiger partial charge in [-0.3, -0.25) is 4.79 Å². The number of carbonyl (C=O) groups is 1. The van der Waals surface area contributed by atoms with E-state index in [-0.39, 0.29) is 17.9 Å². The number of anilines is 2. The first-order valence-electron chi connectivity index (χ1n) is 8.34. The fourth-order valence-corrected chi connectivity index (χ4v) is 3.09. The van der Waals surface area contributed by atoms with E-state index in [4.69, 9.17) is 4.42 Å². The van der Waals surface area contributed by atoms with Crippen molar-refractivity contribution >= 4 is 17.4 Å². The van der Waals surface area contributed by atoms with Crippen LogP contribution in [-0.4, -0.2) is 21.9 Å². The summed E-state index contributed by atoms with van der Waals surface area (Å²) in [7, 11) is 0. The highest BCUT2D eigenvalue weighted by Gasteiger charge is 2.47. The third-order valence-electron chi connectivity index (χ3n) is 4.41. The molecule has 3 aromatic rings. The predicted octanol–water partition coefficient (Wildman–Crippen LogP) is 4.53. The predicted molar refractivity (Wildman–Crippen MR) is 91.4 cm³/mol. The lowest BCUT2D eigenvalue weighted by molar-refractivity contribution is -0.174. The van der Waals surface area contributed by atoms with Gasteiger partial charge in [-0.1, -0.05) is 0 Å². The molecule has 0 radical (unpaired) electrons. The first kappa shape index (κ1) is 18.1. The number of alkyl halides is 3. The monoisotopic (exact) mass is 394 g/mol. The molecule has 2 aromatic heterocycles. The number of aromatic nitrogens is 2. The molecule has 1 amide bonds. The lowest BCUT2D eigenvalue weighted by Gasteiger charge is -2.32. The summed E-state index contributed by atoms with van der Waals surface area (Å²) >= 11 is 0. The number of benzene rings is 1. The molecule has 0 spiro atoms. The number of furan rings is 1. The minimum Gasteiger partial charge on any atom is -0.467 e. The summed E-state index contributed by atoms with van der Waals surface area (Å²) in [6, 6.07) is 6.79. The van der Waals surface area contributed by atoms with Crippen molar-refractivity contribution in [2.45, 2.75) is 24.7 Å². The Morgan fingerprint density at radius 1 is 1.25 bits per heavy atom. The summed E-state index contributed by atoms with van der Waals surface area (Å²) in [6.07, 6.45) is -3.50. The minimum atomic E-state index is -4.56. The van der Waals surface area contributed by atoms with E-state index in [0.717, 1.165) is 16.8 Å². The van der Waals surface area contributed by atoms with Gasteiger partial charge in [-0.15, -0.1) is 0 Å². The molecule has 0 saturated heterocycles. The van der Waals surface area contributed by atoms with Crippen molar-refractivity contribution in [3.05, 3.63) is 66.0 Å². The lowest BCUT2D eigenvalue weighted by atomic mass is 10.0. The van der Waals surface area contributed by atoms with Gasteiger partial charge < -0.3 is 15.1 Å². The van der Waals surface area contributed by atoms with Gasteiger partial charge in [-0.2, -0.15) is 18.3 Å². The molecular weight excluding hydrogens is 380 g/mol. The van der Waals surface area contributed by atoms with Gasteiger partial charge in [0.2, 0.25) is 0 Å². The fraction of sp³-hybridized carbons (Fsp3) is 0.222. The number of nitrogens with zero attached hydrogens (tertiary/aromatic N) is 2. The Hall–Kier alpha value is -3.30. The van der Waals surface area contributed by atoms with E-state index in [2.05, 4.69) is 15.7 Å². The maximum absolute atomic E-state index is 13.6. The summed E-state index contributed by atoms with van der Waals surface area (Å²) in [6.45, 7) is 0. The highest BCUT2D eigenvalue weighted by atomic mass is 19.4. The van der Waals surface area contributed by atoms with Crippen molar-refractivity contribution in [3.63, 3.8) is 0 Å². The van der Waals surface area contributed by atoms with E-state index in [1.165, 1.54) is 24.5 Å². The second kappa shape index (κ2) is 6.70. The zero-order valence-corrected chi connectivity index (χ0v) is 14.2. The Kier molecular flexibility index (Phi) is 4.33. The molecule has 3 heterocycles. The third-order valence-corrected chi connectivity index (χ3v) is 4.41. The highest BCUT2D eigenvalue weighted by Crippen LogP contribution is 2.43. The van der Waals surface area contributed by atoms with Crippen LogP contribution in [0.1, 0.15) is 34.8 Å². The van der Waals surface area contributed by atoms with Crippen LogP contribution in [0.4, 0.5) is 29.1 Å². The normalized spacial score (nSPS) is 19.0. The lowest BCUT2D eigenvalue weighted by Crippen LogP contribution is -2.35. The van der Waals surface area contributed by atoms with E-state index < -0.39 is 30.0 Å². The highest BCUT2D eigenvalue weighted by molar-refractivity contribution is 6.03. The van der Waals surface area contributed by atoms with Crippen LogP contribution in [0.3, 0.4) is 0 Å². The van der Waals surface area contributed by atoms with Crippen LogP contribution < -0.4 is 10.6 Å². The number of fused-ring (bicyclic) bond motifs is 1. The Labute approximate surface area is 156 Å². The van der Waals surface area contributed by atoms with Gasteiger partial charge in [-0.05, 0) is 36.4 Å². The molecular formula is C18H14F4N4O2. The molecule has 4 rings (SSSR count). The van der Waals surface area contributed by atoms with Crippen molar-refractivity contribution < 1.29 is 26.8 Å². The van der Waals surface area contributed by atoms with Gasteiger partial charge >= 0.3 is 6.18 Å². The molecule has 6 nitrogen and oxygen atoms in total. The standard InChI is InChI=1S/C18H14F4N4O2/c19-10-3-5-11(6-4-10)23-17(27)13-9-16-24-12(14-2-1-7-28-14)8-15(18(20,21)22)26(16)25-13/h1-7,9,12,15,24H,8H2,(H,23,27)/t12-,15+/m1/s1. The molecule has 0 bridgehead atoms. The van der Waals surface area contributed by atoms with Crippen molar-refractivity contribution in [1.82, 2.24) is 9.78 Å². The van der Waals surface area contributed by atoms with Crippen LogP contribution in [0.2, 0.25) is 0 Å². The maximum Gasteiger partial charge on any atom is 0.410 e. The molecule has 2 atom stereocenters. The Balaban J connectivity index is 1.63. The summed E-state index contributed by atoms with van der Waals surface area (Å²) in [4.78, 5) is 12.4. The number of halogens is 4. The van der Waals surface area contributed by atoms with Crippen molar-refractivity contribution in [2.24, 2.45) is 0 Å². The minimum absolute atomic E-state index is 0.0548. The summed E-state index contributed by atoms with van der Waals surface area (Å²) in [5.41, 5.74) is 0.104. The first-order valence-corrected chi connectivity index (χ1v) is 8.34. The number of hydrogen-bond donors (Lipinski definition) is 2. The van der Waals surface area contributed by atoms with Gasteiger partial charge in [0.25, 0.3) is 5.91 Å². The molecule has 0 saturated carbocycles. The average Bonchev–Trinajstić information content (AvgIpc) is 3.31. The van der Waals surface area contributed by atoms with Crippen molar-refractivity contribution in [3.8, 4) is 0 Å². The van der Waals surface area contributed by atoms with E-state index >= 15 is 0 Å². The SMILES string of the molecule is O=C(Nc1ccc(F)cc1)c1cc2n(n1)[C@H](C(F)(F)F)C[C@H](c1ccco1)N2. The van der Waals surface area contributed by atoms with Crippen LogP contribution in [0.15, 0.2) is 53.1 Å². The molecule has 0 fully saturated rings. The Bertz CT molecular complexity index is 980. The Morgan fingerprint density at radius 3 is 2.64 bits per heavy atom. The third kappa shape index (κ3) is 3.45. The van der Waals surface area contributed by atoms with Crippen LogP contribution in [0, 0.1) is 5.82 Å². The molecule has 0 unspecified atom stereocenters. The fourth-order valence-electron chi connectivity index (χ4n) is 3.09. The number of nitrogens with one attached hydrogen (secondary N) is 2. The van der Waals surface area contributed by atoms with Gasteiger partial charge in [0, 0.05) is 18.2 Å². The molecule has 1 aliphatic heterocycles. The number of rotatable bonds is 3. The number of hydrogen-bond acceptors (Lipinski definition) is 4. The van der Waals surface area contributed by atoms with Crippen molar-refractivity contribution in [2.75, 3.05) is 10.6 Å². The van der Waals surface area contributed by atoms with Crippen LogP contribution in [0.5, 0.6) is 0 Å². The first-order chi connectivity index (χ1) is 13.3. The molecule has 1 aliphatic rings. The van der Waals surface area contributed by atoms with E-state index in [0.29, 0.717) is 11.4 Å². The zero-order chi connectivity index (χ0) is 19.9. The van der Waals surface area contributed by atoms with Crippen LogP contribution in [0.25, 0.3) is 0 Å². The van der Waals surface area contributed by atoms with E-state index in [1.54, 1.807) is 12.1 Å². The molecule has 146 valence electrons. The molecule has 10 heteroatoms. The van der Waals surface area contributed by atoms with Gasteiger partial charge in [0.1, 0.15) is 17.4 Å². The van der Waals surface area contributed by atoms with Crippen molar-refractivity contribution in [1.29, 1.82) is 0 Å². The van der Waals surface area contributed by atoms with Gasteiger partial charge in [0.15, 0.2) is 11.7 Å². The van der Waals surface area contributed by atoms with Crippen LogP contribution >= 0.6 is 0 Å². The second-order valence-corrected chi connectivity index (χ2v) is 6.33. The average molecular weight is 394 g/mol.